The first-order valence-electron chi connectivity index (χ1n) is 6.75. The molecule has 1 saturated heterocycles. The predicted molar refractivity (Wildman–Crippen MR) is 73.8 cm³/mol. The molecule has 0 aliphatic carbocycles. The molecule has 0 radical (unpaired) electrons. The number of urea groups is 1. The second-order valence-electron chi connectivity index (χ2n) is 5.48. The van der Waals surface area contributed by atoms with E-state index < -0.39 is 17.8 Å². The Kier molecular flexibility index (Phi) is 4.41. The van der Waals surface area contributed by atoms with Crippen LogP contribution in [0.25, 0.3) is 0 Å². The van der Waals surface area contributed by atoms with Gasteiger partial charge in [0.1, 0.15) is 0 Å². The summed E-state index contributed by atoms with van der Waals surface area (Å²) in [6.07, 6.45) is -3.70. The van der Waals surface area contributed by atoms with Crippen molar-refractivity contribution in [1.29, 1.82) is 0 Å². The highest BCUT2D eigenvalue weighted by molar-refractivity contribution is 5.90. The Bertz CT molecular complexity index is 508. The lowest BCUT2D eigenvalue weighted by Crippen LogP contribution is -2.50. The fraction of sp³-hybridized carbons (Fsp3) is 0.500. The van der Waals surface area contributed by atoms with Crippen LogP contribution in [0.2, 0.25) is 0 Å². The summed E-state index contributed by atoms with van der Waals surface area (Å²) in [5.74, 6) is 0.234. The molecule has 0 aromatic heterocycles. The highest BCUT2D eigenvalue weighted by Crippen LogP contribution is 2.34. The van der Waals surface area contributed by atoms with Gasteiger partial charge in [-0.05, 0) is 24.5 Å². The van der Waals surface area contributed by atoms with Crippen LogP contribution in [-0.4, -0.2) is 30.1 Å². The number of nitrogens with two attached hydrogens (primary N) is 1. The quantitative estimate of drug-likeness (QED) is 0.838. The fourth-order valence-electron chi connectivity index (χ4n) is 2.60. The van der Waals surface area contributed by atoms with Crippen molar-refractivity contribution < 1.29 is 18.0 Å². The third-order valence-corrected chi connectivity index (χ3v) is 3.45. The zero-order chi connectivity index (χ0) is 15.6. The number of anilines is 1. The van der Waals surface area contributed by atoms with Crippen LogP contribution in [0.3, 0.4) is 0 Å². The van der Waals surface area contributed by atoms with Crippen LogP contribution in [0, 0.1) is 5.92 Å². The van der Waals surface area contributed by atoms with Crippen LogP contribution in [0.5, 0.6) is 0 Å². The first kappa shape index (κ1) is 15.6. The summed E-state index contributed by atoms with van der Waals surface area (Å²) < 4.78 is 38.6. The molecule has 2 amide bonds. The molecule has 1 fully saturated rings. The number of hydrogen-bond donors (Lipinski definition) is 2. The Labute approximate surface area is 121 Å². The number of piperidine rings is 1. The maximum absolute atomic E-state index is 12.9. The highest BCUT2D eigenvalue weighted by atomic mass is 19.4. The van der Waals surface area contributed by atoms with Crippen LogP contribution >= 0.6 is 0 Å². The van der Waals surface area contributed by atoms with Crippen molar-refractivity contribution in [2.45, 2.75) is 25.6 Å². The van der Waals surface area contributed by atoms with Crippen molar-refractivity contribution in [1.82, 2.24) is 4.90 Å². The van der Waals surface area contributed by atoms with Gasteiger partial charge in [0.15, 0.2) is 0 Å². The molecular weight excluding hydrogens is 283 g/mol. The van der Waals surface area contributed by atoms with Crippen LogP contribution in [0.4, 0.5) is 23.7 Å². The zero-order valence-corrected chi connectivity index (χ0v) is 11.7. The largest absolute Gasteiger partial charge is 0.418 e. The van der Waals surface area contributed by atoms with E-state index in [1.807, 2.05) is 6.92 Å². The minimum absolute atomic E-state index is 0.141. The number of hydrogen-bond acceptors (Lipinski definition) is 2. The SMILES string of the molecule is CC1CC(N)CN(C(=O)Nc2ccccc2C(F)(F)F)C1. The Morgan fingerprint density at radius 3 is 2.62 bits per heavy atom. The van der Waals surface area contributed by atoms with Gasteiger partial charge in [0.2, 0.25) is 0 Å². The summed E-state index contributed by atoms with van der Waals surface area (Å²) in [6.45, 7) is 2.81. The molecular formula is C14H18F3N3O. The van der Waals surface area contributed by atoms with Gasteiger partial charge in [0, 0.05) is 19.1 Å². The fourth-order valence-corrected chi connectivity index (χ4v) is 2.60. The minimum atomic E-state index is -4.50. The van der Waals surface area contributed by atoms with Crippen molar-refractivity contribution in [2.24, 2.45) is 11.7 Å². The molecule has 116 valence electrons. The molecule has 2 rings (SSSR count). The van der Waals surface area contributed by atoms with Crippen LogP contribution < -0.4 is 11.1 Å². The van der Waals surface area contributed by atoms with Crippen LogP contribution in [0.15, 0.2) is 24.3 Å². The van der Waals surface area contributed by atoms with E-state index in [0.717, 1.165) is 12.5 Å². The summed E-state index contributed by atoms with van der Waals surface area (Å²) in [6, 6.07) is 4.24. The van der Waals surface area contributed by atoms with Gasteiger partial charge in [-0.1, -0.05) is 19.1 Å². The van der Waals surface area contributed by atoms with E-state index in [9.17, 15) is 18.0 Å². The van der Waals surface area contributed by atoms with E-state index in [4.69, 9.17) is 5.73 Å². The summed E-state index contributed by atoms with van der Waals surface area (Å²) in [4.78, 5) is 13.6. The number of carbonyl (C=O) groups excluding carboxylic acids is 1. The van der Waals surface area contributed by atoms with Crippen molar-refractivity contribution >= 4 is 11.7 Å². The molecule has 1 aliphatic heterocycles. The van der Waals surface area contributed by atoms with E-state index in [-0.39, 0.29) is 17.6 Å². The average molecular weight is 301 g/mol. The smallest absolute Gasteiger partial charge is 0.326 e. The predicted octanol–water partition coefficient (Wildman–Crippen LogP) is 2.91. The number of rotatable bonds is 1. The number of alkyl halides is 3. The highest BCUT2D eigenvalue weighted by Gasteiger charge is 2.34. The molecule has 1 aromatic carbocycles. The standard InChI is InChI=1S/C14H18F3N3O/c1-9-6-10(18)8-20(7-9)13(21)19-12-5-3-2-4-11(12)14(15,16)17/h2-5,9-10H,6-8,18H2,1H3,(H,19,21). The number of para-hydroxylation sites is 1. The van der Waals surface area contributed by atoms with Crippen molar-refractivity contribution in [3.8, 4) is 0 Å². The van der Waals surface area contributed by atoms with Gasteiger partial charge >= 0.3 is 12.2 Å². The summed E-state index contributed by atoms with van der Waals surface area (Å²) in [5, 5.41) is 2.34. The van der Waals surface area contributed by atoms with Gasteiger partial charge in [-0.2, -0.15) is 13.2 Å². The number of nitrogens with zero attached hydrogens (tertiary/aromatic N) is 1. The molecule has 1 heterocycles. The minimum Gasteiger partial charge on any atom is -0.326 e. The van der Waals surface area contributed by atoms with E-state index >= 15 is 0 Å². The summed E-state index contributed by atoms with van der Waals surface area (Å²) in [7, 11) is 0. The molecule has 0 bridgehead atoms. The van der Waals surface area contributed by atoms with Crippen molar-refractivity contribution in [3.05, 3.63) is 29.8 Å². The van der Waals surface area contributed by atoms with Crippen molar-refractivity contribution in [2.75, 3.05) is 18.4 Å². The zero-order valence-electron chi connectivity index (χ0n) is 11.7. The molecule has 1 aliphatic rings. The molecule has 7 heteroatoms. The number of amides is 2. The molecule has 3 N–H and O–H groups in total. The van der Waals surface area contributed by atoms with Gasteiger partial charge in [0.05, 0.1) is 11.3 Å². The number of likely N-dealkylation sites (tertiary alicyclic amines) is 1. The number of benzene rings is 1. The lowest BCUT2D eigenvalue weighted by Gasteiger charge is -2.34. The van der Waals surface area contributed by atoms with Crippen LogP contribution in [-0.2, 0) is 6.18 Å². The van der Waals surface area contributed by atoms with Gasteiger partial charge in [-0.15, -0.1) is 0 Å². The molecule has 4 nitrogen and oxygen atoms in total. The van der Waals surface area contributed by atoms with Crippen LogP contribution in [0.1, 0.15) is 18.9 Å². The Morgan fingerprint density at radius 1 is 1.33 bits per heavy atom. The summed E-state index contributed by atoms with van der Waals surface area (Å²) in [5.41, 5.74) is 4.76. The van der Waals surface area contributed by atoms with Gasteiger partial charge in [-0.3, -0.25) is 0 Å². The Morgan fingerprint density at radius 2 is 2.00 bits per heavy atom. The Balaban J connectivity index is 2.13. The topological polar surface area (TPSA) is 58.4 Å². The molecule has 1 aromatic rings. The maximum Gasteiger partial charge on any atom is 0.418 e. The maximum atomic E-state index is 12.9. The molecule has 21 heavy (non-hydrogen) atoms. The molecule has 0 spiro atoms. The van der Waals surface area contributed by atoms with E-state index in [2.05, 4.69) is 5.32 Å². The lowest BCUT2D eigenvalue weighted by molar-refractivity contribution is -0.136. The van der Waals surface area contributed by atoms with Gasteiger partial charge in [-0.25, -0.2) is 4.79 Å². The van der Waals surface area contributed by atoms with Gasteiger partial charge in [0.25, 0.3) is 0 Å². The third-order valence-electron chi connectivity index (χ3n) is 3.45. The third kappa shape index (κ3) is 3.87. The monoisotopic (exact) mass is 301 g/mol. The number of halogens is 3. The Hall–Kier alpha value is -1.76. The molecule has 2 unspecified atom stereocenters. The van der Waals surface area contributed by atoms with Gasteiger partial charge < -0.3 is 16.0 Å². The molecule has 0 saturated carbocycles. The first-order valence-corrected chi connectivity index (χ1v) is 6.75. The first-order chi connectivity index (χ1) is 9.77. The second kappa shape index (κ2) is 5.93. The number of carbonyl (C=O) groups is 1. The second-order valence-corrected chi connectivity index (χ2v) is 5.48. The van der Waals surface area contributed by atoms with E-state index in [1.54, 1.807) is 0 Å². The number of nitrogens with one attached hydrogen (secondary N) is 1. The van der Waals surface area contributed by atoms with E-state index in [1.165, 1.54) is 23.1 Å². The summed E-state index contributed by atoms with van der Waals surface area (Å²) >= 11 is 0. The normalized spacial score (nSPS) is 23.0. The van der Waals surface area contributed by atoms with Crippen molar-refractivity contribution in [3.63, 3.8) is 0 Å². The average Bonchev–Trinajstić information content (AvgIpc) is 2.37. The lowest BCUT2D eigenvalue weighted by atomic mass is 9.97. The van der Waals surface area contributed by atoms with E-state index in [0.29, 0.717) is 13.1 Å². The molecule has 2 atom stereocenters.